The average molecular weight is 291 g/mol. The zero-order valence-electron chi connectivity index (χ0n) is 10.7. The van der Waals surface area contributed by atoms with Gasteiger partial charge in [-0.2, -0.15) is 0 Å². The molecule has 2 unspecified atom stereocenters. The molecule has 1 heterocycles. The minimum absolute atomic E-state index is 0.0897. The number of nitrogens with zero attached hydrogens (tertiary/aromatic N) is 2. The lowest BCUT2D eigenvalue weighted by Gasteiger charge is -2.25. The highest BCUT2D eigenvalue weighted by atomic mass is 19.3. The van der Waals surface area contributed by atoms with Gasteiger partial charge < -0.3 is 15.2 Å². The van der Waals surface area contributed by atoms with Crippen molar-refractivity contribution in [2.75, 3.05) is 13.7 Å². The fourth-order valence-electron chi connectivity index (χ4n) is 1.70. The second kappa shape index (κ2) is 7.06. The van der Waals surface area contributed by atoms with Gasteiger partial charge in [0.1, 0.15) is 5.84 Å². The van der Waals surface area contributed by atoms with Crippen LogP contribution in [0.2, 0.25) is 0 Å². The van der Waals surface area contributed by atoms with Crippen molar-refractivity contribution in [3.63, 3.8) is 0 Å². The molecule has 0 radical (unpaired) electrons. The van der Waals surface area contributed by atoms with Gasteiger partial charge in [0.15, 0.2) is 0 Å². The number of amides is 2. The Bertz CT molecular complexity index is 414. The molecule has 1 aliphatic heterocycles. The van der Waals surface area contributed by atoms with E-state index in [4.69, 9.17) is 9.84 Å². The van der Waals surface area contributed by atoms with Crippen LogP contribution >= 0.6 is 0 Å². The van der Waals surface area contributed by atoms with Crippen molar-refractivity contribution in [1.29, 1.82) is 0 Å². The number of hydrogen-bond acceptors (Lipinski definition) is 5. The number of nitrogens with one attached hydrogen (secondary N) is 1. The third-order valence-electron chi connectivity index (χ3n) is 2.63. The van der Waals surface area contributed by atoms with Gasteiger partial charge in [0.2, 0.25) is 19.0 Å². The number of aliphatic imine (C=N–C) groups is 1. The van der Waals surface area contributed by atoms with Crippen LogP contribution in [0, 0.1) is 0 Å². The predicted octanol–water partition coefficient (Wildman–Crippen LogP) is -0.525. The molecule has 2 amide bonds. The number of amidine groups is 1. The van der Waals surface area contributed by atoms with Gasteiger partial charge in [0.05, 0.1) is 12.7 Å². The van der Waals surface area contributed by atoms with Gasteiger partial charge in [-0.15, -0.1) is 0 Å². The van der Waals surface area contributed by atoms with E-state index in [9.17, 15) is 18.4 Å². The van der Waals surface area contributed by atoms with Crippen LogP contribution in [0.4, 0.5) is 8.78 Å². The largest absolute Gasteiger partial charge is 0.394 e. The summed E-state index contributed by atoms with van der Waals surface area (Å²) in [6, 6.07) is 0. The second-order valence-corrected chi connectivity index (χ2v) is 4.00. The van der Waals surface area contributed by atoms with Crippen LogP contribution in [-0.4, -0.2) is 60.6 Å². The van der Waals surface area contributed by atoms with Crippen molar-refractivity contribution < 1.29 is 28.2 Å². The van der Waals surface area contributed by atoms with Crippen LogP contribution in [0.3, 0.4) is 0 Å². The van der Waals surface area contributed by atoms with Crippen LogP contribution in [0.15, 0.2) is 17.3 Å². The molecule has 2 N–H and O–H groups in total. The Labute approximate surface area is 113 Å². The van der Waals surface area contributed by atoms with Crippen LogP contribution < -0.4 is 5.32 Å². The van der Waals surface area contributed by atoms with Crippen LogP contribution in [0.5, 0.6) is 0 Å². The van der Waals surface area contributed by atoms with Gasteiger partial charge in [-0.3, -0.25) is 19.5 Å². The first-order valence-corrected chi connectivity index (χ1v) is 5.70. The minimum atomic E-state index is -3.28. The fourth-order valence-corrected chi connectivity index (χ4v) is 1.70. The SMILES string of the molecule is CN=C(/C=C\N(C=O)C1OC(CO)CC1(F)F)NC=O. The molecule has 0 aromatic carbocycles. The molecule has 2 atom stereocenters. The van der Waals surface area contributed by atoms with E-state index < -0.39 is 31.3 Å². The van der Waals surface area contributed by atoms with Crippen LogP contribution in [-0.2, 0) is 14.3 Å². The molecular weight excluding hydrogens is 276 g/mol. The lowest BCUT2D eigenvalue weighted by Crippen LogP contribution is -2.42. The average Bonchev–Trinajstić information content (AvgIpc) is 2.73. The molecule has 0 aromatic heterocycles. The minimum Gasteiger partial charge on any atom is -0.394 e. The van der Waals surface area contributed by atoms with Crippen molar-refractivity contribution in [1.82, 2.24) is 10.2 Å². The molecule has 20 heavy (non-hydrogen) atoms. The molecular formula is C11H15F2N3O4. The number of aliphatic hydroxyl groups is 1. The molecule has 1 rings (SSSR count). The van der Waals surface area contributed by atoms with Crippen molar-refractivity contribution >= 4 is 18.7 Å². The number of ether oxygens (including phenoxy) is 1. The first-order chi connectivity index (χ1) is 9.48. The number of rotatable bonds is 6. The van der Waals surface area contributed by atoms with Gasteiger partial charge in [-0.25, -0.2) is 8.78 Å². The molecule has 0 aliphatic carbocycles. The number of carbonyl (C=O) groups is 2. The zero-order chi connectivity index (χ0) is 15.2. The standard InChI is InChI=1S/C11H15F2N3O4/c1-14-9(15-6-18)2-3-16(7-19)10-11(12,13)4-8(5-17)20-10/h2-3,6-8,10,17H,4-5H2,1H3,(H,14,15,18)/b3-2-. The summed E-state index contributed by atoms with van der Waals surface area (Å²) in [5.41, 5.74) is 0. The number of alkyl halides is 2. The van der Waals surface area contributed by atoms with E-state index >= 15 is 0 Å². The summed E-state index contributed by atoms with van der Waals surface area (Å²) in [6.45, 7) is -0.559. The number of carbonyl (C=O) groups excluding carboxylic acids is 2. The summed E-state index contributed by atoms with van der Waals surface area (Å²) in [7, 11) is 1.38. The lowest BCUT2D eigenvalue weighted by atomic mass is 10.2. The first kappa shape index (κ1) is 16.2. The van der Waals surface area contributed by atoms with Crippen molar-refractivity contribution in [3.8, 4) is 0 Å². The summed E-state index contributed by atoms with van der Waals surface area (Å²) < 4.78 is 32.2. The molecule has 112 valence electrons. The molecule has 9 heteroatoms. The molecule has 1 fully saturated rings. The molecule has 7 nitrogen and oxygen atoms in total. The van der Waals surface area contributed by atoms with E-state index in [-0.39, 0.29) is 12.2 Å². The van der Waals surface area contributed by atoms with E-state index in [1.54, 1.807) is 0 Å². The number of halogens is 2. The second-order valence-electron chi connectivity index (χ2n) is 4.00. The summed E-state index contributed by atoms with van der Waals surface area (Å²) in [6.07, 6.45) is -0.781. The zero-order valence-corrected chi connectivity index (χ0v) is 10.7. The van der Waals surface area contributed by atoms with Crippen molar-refractivity contribution in [2.45, 2.75) is 24.7 Å². The smallest absolute Gasteiger partial charge is 0.294 e. The van der Waals surface area contributed by atoms with Crippen LogP contribution in [0.1, 0.15) is 6.42 Å². The van der Waals surface area contributed by atoms with E-state index in [1.165, 1.54) is 13.1 Å². The van der Waals surface area contributed by atoms with E-state index in [1.807, 2.05) is 0 Å². The topological polar surface area (TPSA) is 91.2 Å². The first-order valence-electron chi connectivity index (χ1n) is 5.70. The molecule has 0 aromatic rings. The van der Waals surface area contributed by atoms with Gasteiger partial charge >= 0.3 is 0 Å². The summed E-state index contributed by atoms with van der Waals surface area (Å²) >= 11 is 0. The normalized spacial score (nSPS) is 25.7. The highest BCUT2D eigenvalue weighted by Crippen LogP contribution is 2.37. The Morgan fingerprint density at radius 2 is 2.30 bits per heavy atom. The monoisotopic (exact) mass is 291 g/mol. The third kappa shape index (κ3) is 3.81. The summed E-state index contributed by atoms with van der Waals surface area (Å²) in [5, 5.41) is 11.1. The van der Waals surface area contributed by atoms with Crippen molar-refractivity contribution in [3.05, 3.63) is 12.3 Å². The van der Waals surface area contributed by atoms with Crippen molar-refractivity contribution in [2.24, 2.45) is 4.99 Å². The predicted molar refractivity (Wildman–Crippen MR) is 64.9 cm³/mol. The summed E-state index contributed by atoms with van der Waals surface area (Å²) in [5.74, 6) is -3.19. The number of aliphatic hydroxyl groups excluding tert-OH is 1. The van der Waals surface area contributed by atoms with Gasteiger partial charge in [0.25, 0.3) is 5.92 Å². The quantitative estimate of drug-likeness (QED) is 0.391. The Morgan fingerprint density at radius 1 is 1.60 bits per heavy atom. The maximum absolute atomic E-state index is 13.7. The fraction of sp³-hybridized carbons (Fsp3) is 0.545. The molecule has 0 saturated carbocycles. The number of hydrogen-bond donors (Lipinski definition) is 2. The van der Waals surface area contributed by atoms with E-state index in [2.05, 4.69) is 10.3 Å². The molecule has 1 aliphatic rings. The third-order valence-corrected chi connectivity index (χ3v) is 2.63. The maximum atomic E-state index is 13.7. The lowest BCUT2D eigenvalue weighted by molar-refractivity contribution is -0.154. The Morgan fingerprint density at radius 3 is 2.75 bits per heavy atom. The van der Waals surface area contributed by atoms with Gasteiger partial charge in [0, 0.05) is 19.7 Å². The molecule has 1 saturated heterocycles. The molecule has 0 bridgehead atoms. The molecule has 0 spiro atoms. The van der Waals surface area contributed by atoms with Gasteiger partial charge in [-0.05, 0) is 6.08 Å². The Hall–Kier alpha value is -1.87. The Balaban J connectivity index is 2.83. The van der Waals surface area contributed by atoms with E-state index in [0.717, 1.165) is 6.20 Å². The van der Waals surface area contributed by atoms with E-state index in [0.29, 0.717) is 11.3 Å². The van der Waals surface area contributed by atoms with Crippen LogP contribution in [0.25, 0.3) is 0 Å². The highest BCUT2D eigenvalue weighted by Gasteiger charge is 2.52. The van der Waals surface area contributed by atoms with Gasteiger partial charge in [-0.1, -0.05) is 0 Å². The summed E-state index contributed by atoms with van der Waals surface area (Å²) in [4.78, 5) is 25.4. The Kier molecular flexibility index (Phi) is 5.71. The highest BCUT2D eigenvalue weighted by molar-refractivity contribution is 5.98. The maximum Gasteiger partial charge on any atom is 0.294 e.